The van der Waals surface area contributed by atoms with Crippen LogP contribution in [0.5, 0.6) is 0 Å². The van der Waals surface area contributed by atoms with E-state index >= 15 is 0 Å². The van der Waals surface area contributed by atoms with Crippen molar-refractivity contribution in [3.63, 3.8) is 0 Å². The molecule has 2 aromatic rings. The van der Waals surface area contributed by atoms with Crippen LogP contribution in [-0.2, 0) is 10.0 Å². The van der Waals surface area contributed by atoms with E-state index in [0.717, 1.165) is 0 Å². The quantitative estimate of drug-likeness (QED) is 0.754. The van der Waals surface area contributed by atoms with Crippen LogP contribution >= 0.6 is 23.2 Å². The van der Waals surface area contributed by atoms with E-state index in [1.165, 1.54) is 40.7 Å². The number of nitrogens with one attached hydrogen (secondary N) is 1. The Morgan fingerprint density at radius 3 is 2.38 bits per heavy atom. The molecule has 2 aromatic carbocycles. The van der Waals surface area contributed by atoms with Crippen molar-refractivity contribution >= 4 is 44.8 Å². The van der Waals surface area contributed by atoms with Gasteiger partial charge in [0.15, 0.2) is 5.82 Å². The average molecular weight is 419 g/mol. The number of carbonyl (C=O) groups excluding carboxylic acids is 1. The molecule has 1 N–H and O–H groups in total. The molecule has 0 fully saturated rings. The number of nitrogens with zero attached hydrogens (tertiary/aromatic N) is 1. The zero-order valence-electron chi connectivity index (χ0n) is 14.1. The average Bonchev–Trinajstić information content (AvgIpc) is 2.60. The number of anilines is 1. The maximum atomic E-state index is 14.0. The first-order valence-electron chi connectivity index (χ1n) is 7.77. The van der Waals surface area contributed by atoms with Crippen molar-refractivity contribution in [3.8, 4) is 0 Å². The van der Waals surface area contributed by atoms with E-state index in [1.54, 1.807) is 13.8 Å². The van der Waals surface area contributed by atoms with Crippen molar-refractivity contribution < 1.29 is 17.6 Å². The lowest BCUT2D eigenvalue weighted by molar-refractivity contribution is 0.102. The molecule has 0 saturated heterocycles. The molecule has 0 radical (unpaired) electrons. The van der Waals surface area contributed by atoms with Gasteiger partial charge in [-0.1, -0.05) is 43.1 Å². The Hall–Kier alpha value is -1.67. The molecule has 0 aliphatic carbocycles. The molecule has 0 atom stereocenters. The van der Waals surface area contributed by atoms with Crippen LogP contribution < -0.4 is 5.32 Å². The molecular formula is C17H17Cl2FN2O3S. The Labute approximate surface area is 161 Å². The van der Waals surface area contributed by atoms with Gasteiger partial charge in [0.05, 0.1) is 26.2 Å². The van der Waals surface area contributed by atoms with Crippen LogP contribution in [-0.4, -0.2) is 31.7 Å². The molecule has 0 heterocycles. The Balaban J connectivity index is 2.41. The lowest BCUT2D eigenvalue weighted by Crippen LogP contribution is -2.30. The normalized spacial score (nSPS) is 11.6. The SMILES string of the molecule is CCN(CC)S(=O)(=O)c1ccc(Cl)c(C(=O)Nc2cccc(Cl)c2F)c1. The van der Waals surface area contributed by atoms with Crippen molar-refractivity contribution in [1.29, 1.82) is 0 Å². The summed E-state index contributed by atoms with van der Waals surface area (Å²) < 4.78 is 40.4. The molecule has 5 nitrogen and oxygen atoms in total. The number of hydrogen-bond acceptors (Lipinski definition) is 3. The van der Waals surface area contributed by atoms with Gasteiger partial charge >= 0.3 is 0 Å². The molecule has 9 heteroatoms. The number of benzene rings is 2. The van der Waals surface area contributed by atoms with E-state index < -0.39 is 21.7 Å². The van der Waals surface area contributed by atoms with Crippen molar-refractivity contribution in [2.45, 2.75) is 18.7 Å². The van der Waals surface area contributed by atoms with Gasteiger partial charge in [-0.2, -0.15) is 4.31 Å². The van der Waals surface area contributed by atoms with Crippen LogP contribution in [0.4, 0.5) is 10.1 Å². The van der Waals surface area contributed by atoms with Crippen LogP contribution in [0.3, 0.4) is 0 Å². The van der Waals surface area contributed by atoms with Crippen LogP contribution in [0.2, 0.25) is 10.0 Å². The molecule has 0 spiro atoms. The van der Waals surface area contributed by atoms with Crippen molar-refractivity contribution in [2.24, 2.45) is 0 Å². The van der Waals surface area contributed by atoms with Crippen molar-refractivity contribution in [3.05, 3.63) is 57.8 Å². The molecule has 0 saturated carbocycles. The number of amides is 1. The van der Waals surface area contributed by atoms with Gasteiger partial charge in [-0.15, -0.1) is 0 Å². The smallest absolute Gasteiger partial charge is 0.257 e. The minimum absolute atomic E-state index is 0.0448. The molecule has 0 unspecified atom stereocenters. The predicted octanol–water partition coefficient (Wildman–Crippen LogP) is 4.42. The number of rotatable bonds is 6. The topological polar surface area (TPSA) is 66.5 Å². The fourth-order valence-electron chi connectivity index (χ4n) is 2.34. The minimum Gasteiger partial charge on any atom is -0.319 e. The Morgan fingerprint density at radius 2 is 1.77 bits per heavy atom. The highest BCUT2D eigenvalue weighted by molar-refractivity contribution is 7.89. The highest BCUT2D eigenvalue weighted by Crippen LogP contribution is 2.26. The molecule has 0 aliphatic heterocycles. The second-order valence-corrected chi connectivity index (χ2v) is 8.04. The van der Waals surface area contributed by atoms with Crippen LogP contribution in [0.1, 0.15) is 24.2 Å². The maximum Gasteiger partial charge on any atom is 0.257 e. The monoisotopic (exact) mass is 418 g/mol. The van der Waals surface area contributed by atoms with Crippen molar-refractivity contribution in [1.82, 2.24) is 4.31 Å². The summed E-state index contributed by atoms with van der Waals surface area (Å²) in [7, 11) is -3.76. The lowest BCUT2D eigenvalue weighted by Gasteiger charge is -2.19. The van der Waals surface area contributed by atoms with E-state index in [0.29, 0.717) is 0 Å². The summed E-state index contributed by atoms with van der Waals surface area (Å²) in [6.45, 7) is 4.01. The molecular weight excluding hydrogens is 402 g/mol. The minimum atomic E-state index is -3.76. The summed E-state index contributed by atoms with van der Waals surface area (Å²) in [6, 6.07) is 7.98. The number of sulfonamides is 1. The van der Waals surface area contributed by atoms with Crippen LogP contribution in [0, 0.1) is 5.82 Å². The number of hydrogen-bond donors (Lipinski definition) is 1. The third-order valence-corrected chi connectivity index (χ3v) is 6.39. The summed E-state index contributed by atoms with van der Waals surface area (Å²) in [5, 5.41) is 2.25. The molecule has 0 aliphatic rings. The van der Waals surface area contributed by atoms with Crippen LogP contribution in [0.25, 0.3) is 0 Å². The van der Waals surface area contributed by atoms with E-state index in [2.05, 4.69) is 5.32 Å². The second kappa shape index (κ2) is 8.35. The Morgan fingerprint density at radius 1 is 1.12 bits per heavy atom. The molecule has 140 valence electrons. The standard InChI is InChI=1S/C17H17Cl2FN2O3S/c1-3-22(4-2)26(24,25)11-8-9-13(18)12(10-11)17(23)21-15-7-5-6-14(19)16(15)20/h5-10H,3-4H2,1-2H3,(H,21,23). The lowest BCUT2D eigenvalue weighted by atomic mass is 10.2. The first kappa shape index (κ1) is 20.6. The van der Waals surface area contributed by atoms with Gasteiger partial charge < -0.3 is 5.32 Å². The van der Waals surface area contributed by atoms with Gasteiger partial charge in [0, 0.05) is 13.1 Å². The van der Waals surface area contributed by atoms with E-state index in [1.807, 2.05) is 0 Å². The Kier molecular flexibility index (Phi) is 6.63. The summed E-state index contributed by atoms with van der Waals surface area (Å²) in [5.41, 5.74) is -0.213. The highest BCUT2D eigenvalue weighted by atomic mass is 35.5. The zero-order valence-corrected chi connectivity index (χ0v) is 16.4. The summed E-state index contributed by atoms with van der Waals surface area (Å²) in [6.07, 6.45) is 0. The molecule has 0 aromatic heterocycles. The number of halogens is 3. The zero-order chi connectivity index (χ0) is 19.5. The van der Waals surface area contributed by atoms with Gasteiger partial charge in [-0.3, -0.25) is 4.79 Å². The van der Waals surface area contributed by atoms with Gasteiger partial charge in [-0.25, -0.2) is 12.8 Å². The van der Waals surface area contributed by atoms with E-state index in [9.17, 15) is 17.6 Å². The fraction of sp³-hybridized carbons (Fsp3) is 0.235. The summed E-state index contributed by atoms with van der Waals surface area (Å²) in [4.78, 5) is 12.4. The van der Waals surface area contributed by atoms with Gasteiger partial charge in [0.1, 0.15) is 0 Å². The first-order valence-corrected chi connectivity index (χ1v) is 9.97. The molecule has 2 rings (SSSR count). The molecule has 0 bridgehead atoms. The summed E-state index contributed by atoms with van der Waals surface area (Å²) >= 11 is 11.7. The van der Waals surface area contributed by atoms with E-state index in [-0.39, 0.29) is 39.3 Å². The largest absolute Gasteiger partial charge is 0.319 e. The third-order valence-electron chi connectivity index (χ3n) is 3.73. The van der Waals surface area contributed by atoms with Crippen LogP contribution in [0.15, 0.2) is 41.3 Å². The fourth-order valence-corrected chi connectivity index (χ4v) is 4.20. The first-order chi connectivity index (χ1) is 12.2. The molecule has 1 amide bonds. The van der Waals surface area contributed by atoms with E-state index in [4.69, 9.17) is 23.2 Å². The maximum absolute atomic E-state index is 14.0. The molecule has 26 heavy (non-hydrogen) atoms. The Bertz CT molecular complexity index is 932. The van der Waals surface area contributed by atoms with Gasteiger partial charge in [-0.05, 0) is 30.3 Å². The van der Waals surface area contributed by atoms with Gasteiger partial charge in [0.2, 0.25) is 10.0 Å². The van der Waals surface area contributed by atoms with Gasteiger partial charge in [0.25, 0.3) is 5.91 Å². The number of carbonyl (C=O) groups is 1. The predicted molar refractivity (Wildman–Crippen MR) is 101 cm³/mol. The van der Waals surface area contributed by atoms with Crippen molar-refractivity contribution in [2.75, 3.05) is 18.4 Å². The summed E-state index contributed by atoms with van der Waals surface area (Å²) in [5.74, 6) is -1.53. The second-order valence-electron chi connectivity index (χ2n) is 5.29. The highest BCUT2D eigenvalue weighted by Gasteiger charge is 2.24. The third kappa shape index (κ3) is 4.17.